The number of aliphatic hydroxyl groups is 1. The Balaban J connectivity index is 1.80. The minimum atomic E-state index is -1.04. The third-order valence-electron chi connectivity index (χ3n) is 4.53. The van der Waals surface area contributed by atoms with Crippen LogP contribution >= 0.6 is 0 Å². The van der Waals surface area contributed by atoms with E-state index in [1.807, 2.05) is 61.5 Å². The molecule has 0 radical (unpaired) electrons. The second-order valence-electron chi connectivity index (χ2n) is 7.01. The van der Waals surface area contributed by atoms with Crippen molar-refractivity contribution in [3.63, 3.8) is 0 Å². The lowest BCUT2D eigenvalue weighted by Gasteiger charge is -2.23. The summed E-state index contributed by atoms with van der Waals surface area (Å²) in [5, 5.41) is 10.5. The fourth-order valence-electron chi connectivity index (χ4n) is 2.92. The topological polar surface area (TPSA) is 74.2 Å². The van der Waals surface area contributed by atoms with Gasteiger partial charge in [0.05, 0.1) is 33.5 Å². The highest BCUT2D eigenvalue weighted by Gasteiger charge is 2.30. The van der Waals surface area contributed by atoms with E-state index in [2.05, 4.69) is 0 Å². The minimum Gasteiger partial charge on any atom is -0.497 e. The zero-order valence-corrected chi connectivity index (χ0v) is 17.2. The largest absolute Gasteiger partial charge is 0.497 e. The van der Waals surface area contributed by atoms with Crippen molar-refractivity contribution in [3.05, 3.63) is 65.7 Å². The maximum Gasteiger partial charge on any atom is 0.337 e. The molecule has 3 atom stereocenters. The molecule has 2 aromatic rings. The van der Waals surface area contributed by atoms with Crippen molar-refractivity contribution in [1.29, 1.82) is 0 Å². The molecule has 29 heavy (non-hydrogen) atoms. The molecule has 0 aliphatic carbocycles. The van der Waals surface area contributed by atoms with Gasteiger partial charge in [-0.3, -0.25) is 0 Å². The first-order valence-corrected chi connectivity index (χ1v) is 9.65. The third-order valence-corrected chi connectivity index (χ3v) is 4.53. The Bertz CT molecular complexity index is 716. The molecule has 2 rings (SSSR count). The van der Waals surface area contributed by atoms with E-state index in [1.165, 1.54) is 7.11 Å². The summed E-state index contributed by atoms with van der Waals surface area (Å²) in [6, 6.07) is 17.2. The first-order chi connectivity index (χ1) is 14.0. The number of methoxy groups -OCH3 is 2. The number of ether oxygens (including phenoxy) is 4. The highest BCUT2D eigenvalue weighted by Crippen LogP contribution is 2.17. The van der Waals surface area contributed by atoms with Gasteiger partial charge in [-0.25, -0.2) is 4.79 Å². The summed E-state index contributed by atoms with van der Waals surface area (Å²) in [5.41, 5.74) is 1.96. The Morgan fingerprint density at radius 1 is 0.966 bits per heavy atom. The number of hydrogen-bond acceptors (Lipinski definition) is 6. The van der Waals surface area contributed by atoms with Crippen LogP contribution in [0.15, 0.2) is 54.6 Å². The minimum absolute atomic E-state index is 0.0377. The Labute approximate surface area is 172 Å². The SMILES string of the molecule is COC(=O)[C@@H](OCc1ccccc1)[C@@H](O)CC(C)COCc1ccc(OC)cc1. The maximum absolute atomic E-state index is 12.1. The van der Waals surface area contributed by atoms with Gasteiger partial charge in [0.2, 0.25) is 0 Å². The molecule has 158 valence electrons. The number of aliphatic hydroxyl groups excluding tert-OH is 1. The van der Waals surface area contributed by atoms with Crippen LogP contribution in [-0.4, -0.2) is 44.1 Å². The Hall–Kier alpha value is -2.41. The van der Waals surface area contributed by atoms with Crippen molar-refractivity contribution in [2.24, 2.45) is 5.92 Å². The van der Waals surface area contributed by atoms with Gasteiger partial charge in [0.1, 0.15) is 5.75 Å². The molecule has 6 nitrogen and oxygen atoms in total. The van der Waals surface area contributed by atoms with Gasteiger partial charge < -0.3 is 24.1 Å². The van der Waals surface area contributed by atoms with Gasteiger partial charge in [0.15, 0.2) is 6.10 Å². The van der Waals surface area contributed by atoms with Gasteiger partial charge in [0.25, 0.3) is 0 Å². The van der Waals surface area contributed by atoms with Crippen molar-refractivity contribution in [3.8, 4) is 5.75 Å². The number of esters is 1. The van der Waals surface area contributed by atoms with Crippen LogP contribution in [0.5, 0.6) is 5.75 Å². The summed E-state index contributed by atoms with van der Waals surface area (Å²) in [6.45, 7) is 3.10. The molecule has 0 bridgehead atoms. The van der Waals surface area contributed by atoms with Gasteiger partial charge >= 0.3 is 5.97 Å². The number of hydrogen-bond donors (Lipinski definition) is 1. The highest BCUT2D eigenvalue weighted by atomic mass is 16.6. The summed E-state index contributed by atoms with van der Waals surface area (Å²) < 4.78 is 21.3. The molecule has 6 heteroatoms. The van der Waals surface area contributed by atoms with E-state index in [1.54, 1.807) is 7.11 Å². The average molecular weight is 402 g/mol. The zero-order chi connectivity index (χ0) is 21.1. The fourth-order valence-corrected chi connectivity index (χ4v) is 2.92. The smallest absolute Gasteiger partial charge is 0.337 e. The van der Waals surface area contributed by atoms with Gasteiger partial charge in [0, 0.05) is 6.61 Å². The number of carbonyl (C=O) groups excluding carboxylic acids is 1. The van der Waals surface area contributed by atoms with E-state index in [0.29, 0.717) is 19.6 Å². The van der Waals surface area contributed by atoms with Crippen molar-refractivity contribution >= 4 is 5.97 Å². The van der Waals surface area contributed by atoms with Crippen LogP contribution in [0.4, 0.5) is 0 Å². The molecular weight excluding hydrogens is 372 g/mol. The molecule has 0 amide bonds. The normalized spacial score (nSPS) is 14.1. The number of rotatable bonds is 12. The second-order valence-corrected chi connectivity index (χ2v) is 7.01. The summed E-state index contributed by atoms with van der Waals surface area (Å²) >= 11 is 0. The van der Waals surface area contributed by atoms with Gasteiger partial charge in [-0.2, -0.15) is 0 Å². The molecule has 0 saturated heterocycles. The first kappa shape index (κ1) is 22.9. The van der Waals surface area contributed by atoms with Crippen LogP contribution < -0.4 is 4.74 Å². The standard InChI is InChI=1S/C23H30O6/c1-17(14-28-15-19-9-11-20(26-2)12-10-19)13-21(24)22(23(25)27-3)29-16-18-7-5-4-6-8-18/h4-12,17,21-22,24H,13-16H2,1-3H3/t17?,21-,22-/m0/s1. The second kappa shape index (κ2) is 12.2. The third kappa shape index (κ3) is 7.85. The van der Waals surface area contributed by atoms with E-state index in [9.17, 15) is 9.90 Å². The Kier molecular flexibility index (Phi) is 9.64. The molecule has 0 aromatic heterocycles. The predicted octanol–water partition coefficient (Wildman–Crippen LogP) is 3.36. The maximum atomic E-state index is 12.1. The van der Waals surface area contributed by atoms with Gasteiger partial charge in [-0.15, -0.1) is 0 Å². The monoisotopic (exact) mass is 402 g/mol. The Morgan fingerprint density at radius 2 is 1.62 bits per heavy atom. The quantitative estimate of drug-likeness (QED) is 0.549. The number of carbonyl (C=O) groups is 1. The van der Waals surface area contributed by atoms with Crippen LogP contribution in [0.25, 0.3) is 0 Å². The van der Waals surface area contributed by atoms with Crippen molar-refractivity contribution < 1.29 is 28.8 Å². The first-order valence-electron chi connectivity index (χ1n) is 9.65. The van der Waals surface area contributed by atoms with Gasteiger partial charge in [-0.1, -0.05) is 49.4 Å². The molecule has 1 N–H and O–H groups in total. The Morgan fingerprint density at radius 3 is 2.24 bits per heavy atom. The fraction of sp³-hybridized carbons (Fsp3) is 0.435. The van der Waals surface area contributed by atoms with E-state index < -0.39 is 18.2 Å². The summed E-state index contributed by atoms with van der Waals surface area (Å²) in [7, 11) is 2.92. The van der Waals surface area contributed by atoms with Crippen molar-refractivity contribution in [2.45, 2.75) is 38.8 Å². The van der Waals surface area contributed by atoms with Crippen LogP contribution in [0.2, 0.25) is 0 Å². The summed E-state index contributed by atoms with van der Waals surface area (Å²) in [6.07, 6.45) is -1.66. The van der Waals surface area contributed by atoms with Crippen LogP contribution in [0.3, 0.4) is 0 Å². The van der Waals surface area contributed by atoms with E-state index in [0.717, 1.165) is 16.9 Å². The molecule has 0 saturated carbocycles. The van der Waals surface area contributed by atoms with Crippen molar-refractivity contribution in [2.75, 3.05) is 20.8 Å². The van der Waals surface area contributed by atoms with Crippen LogP contribution in [0, 0.1) is 5.92 Å². The summed E-state index contributed by atoms with van der Waals surface area (Å²) in [5.74, 6) is 0.255. The van der Waals surface area contributed by atoms with E-state index in [-0.39, 0.29) is 12.5 Å². The predicted molar refractivity (Wildman–Crippen MR) is 109 cm³/mol. The molecule has 2 aromatic carbocycles. The lowest BCUT2D eigenvalue weighted by atomic mass is 10.0. The van der Waals surface area contributed by atoms with Gasteiger partial charge in [-0.05, 0) is 35.6 Å². The van der Waals surface area contributed by atoms with Crippen LogP contribution in [-0.2, 0) is 32.2 Å². The van der Waals surface area contributed by atoms with E-state index in [4.69, 9.17) is 18.9 Å². The molecular formula is C23H30O6. The van der Waals surface area contributed by atoms with Crippen LogP contribution in [0.1, 0.15) is 24.5 Å². The molecule has 0 aliphatic rings. The highest BCUT2D eigenvalue weighted by molar-refractivity contribution is 5.75. The lowest BCUT2D eigenvalue weighted by Crippen LogP contribution is -2.38. The molecule has 0 heterocycles. The van der Waals surface area contributed by atoms with Crippen molar-refractivity contribution in [1.82, 2.24) is 0 Å². The summed E-state index contributed by atoms with van der Waals surface area (Å²) in [4.78, 5) is 12.1. The molecule has 1 unspecified atom stereocenters. The lowest BCUT2D eigenvalue weighted by molar-refractivity contribution is -0.164. The molecule has 0 spiro atoms. The molecule has 0 fully saturated rings. The number of benzene rings is 2. The average Bonchev–Trinajstić information content (AvgIpc) is 2.74. The molecule has 0 aliphatic heterocycles. The van der Waals surface area contributed by atoms with E-state index >= 15 is 0 Å². The zero-order valence-electron chi connectivity index (χ0n) is 17.2.